The zero-order chi connectivity index (χ0) is 15.4. The first-order chi connectivity index (χ1) is 10.0. The molecule has 5 heteroatoms. The van der Waals surface area contributed by atoms with Gasteiger partial charge >= 0.3 is 0 Å². The standard InChI is InChI=1S/C16H24FNO3/c1-11-10-18(8-6-13(11)19)9-7-14(20)16-12(17)4-3-5-15(16)21-2/h3-5,11,13-14,19-20H,6-10H2,1-2H3. The summed E-state index contributed by atoms with van der Waals surface area (Å²) < 4.78 is 19.0. The van der Waals surface area contributed by atoms with Gasteiger partial charge in [0.05, 0.1) is 24.9 Å². The predicted octanol–water partition coefficient (Wildman–Crippen LogP) is 1.96. The number of hydrogen-bond acceptors (Lipinski definition) is 4. The van der Waals surface area contributed by atoms with E-state index in [9.17, 15) is 14.6 Å². The van der Waals surface area contributed by atoms with Gasteiger partial charge in [0, 0.05) is 19.6 Å². The lowest BCUT2D eigenvalue weighted by Crippen LogP contribution is -2.42. The molecule has 1 heterocycles. The van der Waals surface area contributed by atoms with Gasteiger partial charge in [-0.25, -0.2) is 4.39 Å². The number of benzene rings is 1. The maximum atomic E-state index is 13.9. The number of methoxy groups -OCH3 is 1. The molecular weight excluding hydrogens is 273 g/mol. The molecule has 2 N–H and O–H groups in total. The summed E-state index contributed by atoms with van der Waals surface area (Å²) in [4.78, 5) is 2.20. The van der Waals surface area contributed by atoms with Gasteiger partial charge in [-0.15, -0.1) is 0 Å². The van der Waals surface area contributed by atoms with Gasteiger partial charge in [0.2, 0.25) is 0 Å². The van der Waals surface area contributed by atoms with E-state index in [1.165, 1.54) is 13.2 Å². The van der Waals surface area contributed by atoms with Gasteiger partial charge in [-0.1, -0.05) is 13.0 Å². The van der Waals surface area contributed by atoms with Gasteiger partial charge < -0.3 is 19.8 Å². The Morgan fingerprint density at radius 1 is 1.48 bits per heavy atom. The molecule has 1 aromatic rings. The lowest BCUT2D eigenvalue weighted by Gasteiger charge is -2.34. The second kappa shape index (κ2) is 7.20. The van der Waals surface area contributed by atoms with Crippen LogP contribution in [0.5, 0.6) is 5.75 Å². The van der Waals surface area contributed by atoms with E-state index >= 15 is 0 Å². The third kappa shape index (κ3) is 3.93. The normalized spacial score (nSPS) is 24.8. The van der Waals surface area contributed by atoms with Crippen molar-refractivity contribution in [3.63, 3.8) is 0 Å². The Bertz CT molecular complexity index is 469. The molecule has 2 rings (SSSR count). The first kappa shape index (κ1) is 16.2. The third-order valence-corrected chi connectivity index (χ3v) is 4.23. The minimum atomic E-state index is -0.886. The van der Waals surface area contributed by atoms with Gasteiger partial charge in [0.15, 0.2) is 0 Å². The van der Waals surface area contributed by atoms with Crippen LogP contribution < -0.4 is 4.74 Å². The molecule has 0 bridgehead atoms. The molecule has 1 fully saturated rings. The van der Waals surface area contributed by atoms with E-state index < -0.39 is 11.9 Å². The topological polar surface area (TPSA) is 52.9 Å². The number of hydrogen-bond donors (Lipinski definition) is 2. The molecule has 3 unspecified atom stereocenters. The van der Waals surface area contributed by atoms with Crippen LogP contribution in [-0.2, 0) is 0 Å². The Morgan fingerprint density at radius 3 is 2.90 bits per heavy atom. The van der Waals surface area contributed by atoms with Crippen LogP contribution in [0, 0.1) is 11.7 Å². The van der Waals surface area contributed by atoms with Crippen molar-refractivity contribution in [1.82, 2.24) is 4.90 Å². The summed E-state index contributed by atoms with van der Waals surface area (Å²) in [6.45, 7) is 4.32. The van der Waals surface area contributed by atoms with Gasteiger partial charge in [-0.05, 0) is 30.9 Å². The molecule has 1 aliphatic heterocycles. The van der Waals surface area contributed by atoms with Crippen LogP contribution >= 0.6 is 0 Å². The predicted molar refractivity (Wildman–Crippen MR) is 78.8 cm³/mol. The summed E-state index contributed by atoms with van der Waals surface area (Å²) >= 11 is 0. The van der Waals surface area contributed by atoms with E-state index in [0.29, 0.717) is 18.7 Å². The largest absolute Gasteiger partial charge is 0.496 e. The molecular formula is C16H24FNO3. The van der Waals surface area contributed by atoms with E-state index in [0.717, 1.165) is 19.5 Å². The summed E-state index contributed by atoms with van der Waals surface area (Å²) in [5.74, 6) is 0.174. The minimum absolute atomic E-state index is 0.227. The molecule has 21 heavy (non-hydrogen) atoms. The zero-order valence-corrected chi connectivity index (χ0v) is 12.6. The Labute approximate surface area is 125 Å². The SMILES string of the molecule is COc1cccc(F)c1C(O)CCN1CCC(O)C(C)C1. The number of halogens is 1. The van der Waals surface area contributed by atoms with Crippen LogP contribution in [-0.4, -0.2) is 48.0 Å². The smallest absolute Gasteiger partial charge is 0.132 e. The number of ether oxygens (including phenoxy) is 1. The molecule has 0 spiro atoms. The van der Waals surface area contributed by atoms with Gasteiger partial charge in [0.1, 0.15) is 11.6 Å². The van der Waals surface area contributed by atoms with Gasteiger partial charge in [-0.3, -0.25) is 0 Å². The van der Waals surface area contributed by atoms with E-state index in [1.54, 1.807) is 12.1 Å². The number of nitrogens with zero attached hydrogens (tertiary/aromatic N) is 1. The molecule has 1 aliphatic rings. The Kier molecular flexibility index (Phi) is 5.56. The fourth-order valence-corrected chi connectivity index (χ4v) is 2.89. The van der Waals surface area contributed by atoms with Crippen molar-refractivity contribution in [3.05, 3.63) is 29.6 Å². The lowest BCUT2D eigenvalue weighted by molar-refractivity contribution is 0.0284. The highest BCUT2D eigenvalue weighted by atomic mass is 19.1. The molecule has 1 saturated heterocycles. The molecule has 118 valence electrons. The third-order valence-electron chi connectivity index (χ3n) is 4.23. The minimum Gasteiger partial charge on any atom is -0.496 e. The van der Waals surface area contributed by atoms with Crippen molar-refractivity contribution < 1.29 is 19.3 Å². The van der Waals surface area contributed by atoms with E-state index in [-0.39, 0.29) is 17.6 Å². The highest BCUT2D eigenvalue weighted by Crippen LogP contribution is 2.30. The van der Waals surface area contributed by atoms with E-state index in [4.69, 9.17) is 4.74 Å². The number of rotatable bonds is 5. The maximum absolute atomic E-state index is 13.9. The number of aliphatic hydroxyl groups excluding tert-OH is 2. The summed E-state index contributed by atoms with van der Waals surface area (Å²) in [5.41, 5.74) is 0.227. The summed E-state index contributed by atoms with van der Waals surface area (Å²) in [6, 6.07) is 4.56. The molecule has 1 aromatic carbocycles. The average Bonchev–Trinajstić information content (AvgIpc) is 2.47. The Balaban J connectivity index is 1.95. The fraction of sp³-hybridized carbons (Fsp3) is 0.625. The number of aliphatic hydroxyl groups is 2. The molecule has 3 atom stereocenters. The van der Waals surface area contributed by atoms with E-state index in [1.807, 2.05) is 6.92 Å². The Hall–Kier alpha value is -1.17. The molecule has 0 aliphatic carbocycles. The first-order valence-corrected chi connectivity index (χ1v) is 7.43. The average molecular weight is 297 g/mol. The molecule has 0 aromatic heterocycles. The van der Waals surface area contributed by atoms with Crippen molar-refractivity contribution in [2.45, 2.75) is 32.0 Å². The summed E-state index contributed by atoms with van der Waals surface area (Å²) in [5, 5.41) is 20.0. The maximum Gasteiger partial charge on any atom is 0.132 e. The molecule has 0 radical (unpaired) electrons. The highest BCUT2D eigenvalue weighted by molar-refractivity contribution is 5.36. The van der Waals surface area contributed by atoms with Crippen LogP contribution in [0.2, 0.25) is 0 Å². The quantitative estimate of drug-likeness (QED) is 0.872. The van der Waals surface area contributed by atoms with Crippen LogP contribution in [0.4, 0.5) is 4.39 Å². The van der Waals surface area contributed by atoms with Crippen LogP contribution in [0.25, 0.3) is 0 Å². The van der Waals surface area contributed by atoms with Gasteiger partial charge in [-0.2, -0.15) is 0 Å². The van der Waals surface area contributed by atoms with Crippen LogP contribution in [0.15, 0.2) is 18.2 Å². The summed E-state index contributed by atoms with van der Waals surface area (Å²) in [7, 11) is 1.47. The van der Waals surface area contributed by atoms with Crippen LogP contribution in [0.1, 0.15) is 31.4 Å². The monoisotopic (exact) mass is 297 g/mol. The van der Waals surface area contributed by atoms with E-state index in [2.05, 4.69) is 4.90 Å². The fourth-order valence-electron chi connectivity index (χ4n) is 2.89. The second-order valence-electron chi connectivity index (χ2n) is 5.79. The van der Waals surface area contributed by atoms with Crippen LogP contribution in [0.3, 0.4) is 0 Å². The molecule has 0 amide bonds. The van der Waals surface area contributed by atoms with Crippen molar-refractivity contribution in [2.24, 2.45) is 5.92 Å². The Morgan fingerprint density at radius 2 is 2.24 bits per heavy atom. The van der Waals surface area contributed by atoms with Crippen molar-refractivity contribution in [2.75, 3.05) is 26.7 Å². The zero-order valence-electron chi connectivity index (χ0n) is 12.6. The lowest BCUT2D eigenvalue weighted by atomic mass is 9.96. The van der Waals surface area contributed by atoms with Crippen molar-refractivity contribution >= 4 is 0 Å². The second-order valence-corrected chi connectivity index (χ2v) is 5.79. The van der Waals surface area contributed by atoms with Crippen molar-refractivity contribution in [1.29, 1.82) is 0 Å². The molecule has 0 saturated carbocycles. The first-order valence-electron chi connectivity index (χ1n) is 7.43. The molecule has 4 nitrogen and oxygen atoms in total. The number of piperidine rings is 1. The van der Waals surface area contributed by atoms with Crippen molar-refractivity contribution in [3.8, 4) is 5.75 Å². The highest BCUT2D eigenvalue weighted by Gasteiger charge is 2.25. The summed E-state index contributed by atoms with van der Waals surface area (Å²) in [6.07, 6.45) is 0.0709. The van der Waals surface area contributed by atoms with Gasteiger partial charge in [0.25, 0.3) is 0 Å². The number of likely N-dealkylation sites (tertiary alicyclic amines) is 1.